The van der Waals surface area contributed by atoms with Gasteiger partial charge in [0.25, 0.3) is 5.69 Å². The van der Waals surface area contributed by atoms with Crippen molar-refractivity contribution < 1.29 is 26.9 Å². The van der Waals surface area contributed by atoms with Crippen LogP contribution in [0.2, 0.25) is 0 Å². The number of sulfonamides is 1. The molecule has 9 nitrogen and oxygen atoms in total. The maximum Gasteiger partial charge on any atom is 0.387 e. The van der Waals surface area contributed by atoms with Crippen LogP contribution in [0.25, 0.3) is 0 Å². The zero-order valence-corrected chi connectivity index (χ0v) is 13.7. The van der Waals surface area contributed by atoms with Gasteiger partial charge in [-0.2, -0.15) is 13.9 Å². The van der Waals surface area contributed by atoms with Crippen LogP contribution in [-0.4, -0.2) is 26.2 Å². The largest absolute Gasteiger partial charge is 0.434 e. The Morgan fingerprint density at radius 2 is 1.96 bits per heavy atom. The van der Waals surface area contributed by atoms with Crippen molar-refractivity contribution in [3.8, 4) is 5.75 Å². The van der Waals surface area contributed by atoms with E-state index in [2.05, 4.69) is 15.3 Å². The quantitative estimate of drug-likeness (QED) is 0.425. The van der Waals surface area contributed by atoms with E-state index < -0.39 is 32.1 Å². The number of hydrogen-bond donors (Lipinski definition) is 2. The van der Waals surface area contributed by atoms with Gasteiger partial charge in [0.15, 0.2) is 0 Å². The normalized spacial score (nSPS) is 11.7. The molecule has 2 aromatic carbocycles. The van der Waals surface area contributed by atoms with Crippen LogP contribution in [0.4, 0.5) is 20.2 Å². The van der Waals surface area contributed by atoms with Gasteiger partial charge in [-0.3, -0.25) is 15.5 Å². The first-order valence-electron chi connectivity index (χ1n) is 6.82. The number of hydrazone groups is 1. The fourth-order valence-corrected chi connectivity index (χ4v) is 2.43. The van der Waals surface area contributed by atoms with Gasteiger partial charge in [0.1, 0.15) is 11.4 Å². The molecule has 0 aliphatic carbocycles. The van der Waals surface area contributed by atoms with Crippen molar-refractivity contribution in [3.05, 3.63) is 58.1 Å². The average Bonchev–Trinajstić information content (AvgIpc) is 2.55. The second kappa shape index (κ2) is 7.84. The molecule has 0 aromatic heterocycles. The number of nitrogens with two attached hydrogens (primary N) is 1. The zero-order valence-electron chi connectivity index (χ0n) is 12.9. The Kier molecular flexibility index (Phi) is 5.79. The van der Waals surface area contributed by atoms with E-state index in [1.54, 1.807) is 6.07 Å². The number of nitrogens with one attached hydrogen (secondary N) is 1. The van der Waals surface area contributed by atoms with Crippen LogP contribution in [0.5, 0.6) is 5.75 Å². The average molecular weight is 386 g/mol. The Morgan fingerprint density at radius 1 is 1.27 bits per heavy atom. The molecular formula is C14H12F2N4O5S. The third-order valence-corrected chi connectivity index (χ3v) is 3.93. The van der Waals surface area contributed by atoms with Crippen LogP contribution >= 0.6 is 0 Å². The lowest BCUT2D eigenvalue weighted by atomic mass is 10.2. The number of benzene rings is 2. The van der Waals surface area contributed by atoms with Crippen LogP contribution in [-0.2, 0) is 10.0 Å². The second-order valence-electron chi connectivity index (χ2n) is 4.77. The van der Waals surface area contributed by atoms with E-state index >= 15 is 0 Å². The molecule has 0 saturated heterocycles. The Hall–Kier alpha value is -3.12. The first kappa shape index (κ1) is 19.2. The Balaban J connectivity index is 2.27. The van der Waals surface area contributed by atoms with Gasteiger partial charge in [0.05, 0.1) is 16.0 Å². The van der Waals surface area contributed by atoms with Gasteiger partial charge in [-0.1, -0.05) is 12.1 Å². The van der Waals surface area contributed by atoms with Gasteiger partial charge in [-0.05, 0) is 24.3 Å². The molecule has 0 saturated carbocycles. The van der Waals surface area contributed by atoms with E-state index in [1.165, 1.54) is 18.2 Å². The van der Waals surface area contributed by atoms with E-state index in [4.69, 9.17) is 5.14 Å². The molecule has 0 spiro atoms. The number of nitro groups is 1. The number of rotatable bonds is 7. The molecule has 0 heterocycles. The topological polar surface area (TPSA) is 137 Å². The summed E-state index contributed by atoms with van der Waals surface area (Å²) in [4.78, 5) is 9.83. The van der Waals surface area contributed by atoms with Crippen LogP contribution in [0.15, 0.2) is 52.5 Å². The van der Waals surface area contributed by atoms with Crippen LogP contribution < -0.4 is 15.3 Å². The van der Waals surface area contributed by atoms with E-state index in [0.717, 1.165) is 24.4 Å². The Morgan fingerprint density at radius 3 is 2.58 bits per heavy atom. The SMILES string of the molecule is NS(=O)(=O)c1ccc(NN=Cc2ccccc2OC(F)F)c([N+](=O)[O-])c1. The van der Waals surface area contributed by atoms with Gasteiger partial charge in [-0.25, -0.2) is 13.6 Å². The van der Waals surface area contributed by atoms with Crippen LogP contribution in [0, 0.1) is 10.1 Å². The molecular weight excluding hydrogens is 374 g/mol. The third-order valence-electron chi connectivity index (χ3n) is 3.02. The number of ether oxygens (including phenoxy) is 1. The van der Waals surface area contributed by atoms with Crippen LogP contribution in [0.1, 0.15) is 5.56 Å². The van der Waals surface area contributed by atoms with Gasteiger partial charge in [-0.15, -0.1) is 0 Å². The summed E-state index contributed by atoms with van der Waals surface area (Å²) in [6.45, 7) is -3.02. The lowest BCUT2D eigenvalue weighted by molar-refractivity contribution is -0.384. The van der Waals surface area contributed by atoms with E-state index in [9.17, 15) is 27.3 Å². The molecule has 2 rings (SSSR count). The molecule has 2 aromatic rings. The second-order valence-corrected chi connectivity index (χ2v) is 6.33. The molecule has 0 radical (unpaired) electrons. The fraction of sp³-hybridized carbons (Fsp3) is 0.0714. The summed E-state index contributed by atoms with van der Waals surface area (Å²) in [6, 6.07) is 8.74. The molecule has 138 valence electrons. The number of anilines is 1. The summed E-state index contributed by atoms with van der Waals surface area (Å²) in [5.41, 5.74) is 1.85. The predicted octanol–water partition coefficient (Wildman–Crippen LogP) is 2.29. The van der Waals surface area contributed by atoms with Gasteiger partial charge < -0.3 is 4.74 Å². The van der Waals surface area contributed by atoms with Crippen molar-refractivity contribution in [2.45, 2.75) is 11.5 Å². The smallest absolute Gasteiger partial charge is 0.387 e. The van der Waals surface area contributed by atoms with Crippen molar-refractivity contribution in [3.63, 3.8) is 0 Å². The minimum absolute atomic E-state index is 0.120. The molecule has 0 aliphatic rings. The maximum absolute atomic E-state index is 12.3. The van der Waals surface area contributed by atoms with Crippen molar-refractivity contribution >= 4 is 27.6 Å². The highest BCUT2D eigenvalue weighted by atomic mass is 32.2. The number of primary sulfonamides is 1. The molecule has 0 aliphatic heterocycles. The first-order chi connectivity index (χ1) is 12.2. The molecule has 26 heavy (non-hydrogen) atoms. The standard InChI is InChI=1S/C14H12F2N4O5S/c15-14(16)25-13-4-2-1-3-9(13)8-18-19-11-6-5-10(26(17,23)24)7-12(11)20(21)22/h1-8,14,19H,(H2,17,23,24). The Labute approximate surface area is 146 Å². The van der Waals surface area contributed by atoms with Gasteiger partial charge >= 0.3 is 6.61 Å². The molecule has 0 atom stereocenters. The molecule has 0 fully saturated rings. The predicted molar refractivity (Wildman–Crippen MR) is 88.8 cm³/mol. The molecule has 0 unspecified atom stereocenters. The zero-order chi connectivity index (χ0) is 19.3. The number of para-hydroxylation sites is 1. The lowest BCUT2D eigenvalue weighted by Crippen LogP contribution is -2.12. The van der Waals surface area contributed by atoms with Gasteiger partial charge in [0.2, 0.25) is 10.0 Å². The highest BCUT2D eigenvalue weighted by molar-refractivity contribution is 7.89. The number of halogens is 2. The summed E-state index contributed by atoms with van der Waals surface area (Å²) < 4.78 is 51.6. The van der Waals surface area contributed by atoms with Crippen molar-refractivity contribution in [1.82, 2.24) is 0 Å². The van der Waals surface area contributed by atoms with Crippen molar-refractivity contribution in [1.29, 1.82) is 0 Å². The summed E-state index contributed by atoms with van der Waals surface area (Å²) in [5.74, 6) is -0.132. The van der Waals surface area contributed by atoms with E-state index in [-0.39, 0.29) is 17.0 Å². The monoisotopic (exact) mass is 386 g/mol. The first-order valence-corrected chi connectivity index (χ1v) is 8.37. The Bertz CT molecular complexity index is 950. The minimum Gasteiger partial charge on any atom is -0.434 e. The minimum atomic E-state index is -4.11. The fourth-order valence-electron chi connectivity index (χ4n) is 1.90. The van der Waals surface area contributed by atoms with E-state index in [1.807, 2.05) is 0 Å². The summed E-state index contributed by atoms with van der Waals surface area (Å²) >= 11 is 0. The number of alkyl halides is 2. The number of nitrogens with zero attached hydrogens (tertiary/aromatic N) is 2. The summed E-state index contributed by atoms with van der Waals surface area (Å²) in [5, 5.41) is 19.7. The van der Waals surface area contributed by atoms with Crippen molar-refractivity contribution in [2.75, 3.05) is 5.43 Å². The summed E-state index contributed by atoms with van der Waals surface area (Å²) in [6.07, 6.45) is 1.12. The van der Waals surface area contributed by atoms with E-state index in [0.29, 0.717) is 0 Å². The molecule has 3 N–H and O–H groups in total. The maximum atomic E-state index is 12.3. The molecule has 0 bridgehead atoms. The van der Waals surface area contributed by atoms with Gasteiger partial charge in [0, 0.05) is 11.6 Å². The van der Waals surface area contributed by atoms with Crippen LogP contribution in [0.3, 0.4) is 0 Å². The number of hydrogen-bond acceptors (Lipinski definition) is 7. The molecule has 12 heteroatoms. The van der Waals surface area contributed by atoms with Crippen molar-refractivity contribution in [2.24, 2.45) is 10.2 Å². The highest BCUT2D eigenvalue weighted by Gasteiger charge is 2.18. The molecule has 0 amide bonds. The lowest BCUT2D eigenvalue weighted by Gasteiger charge is -2.07. The number of nitro benzene ring substituents is 1. The summed E-state index contributed by atoms with van der Waals surface area (Å²) in [7, 11) is -4.11. The highest BCUT2D eigenvalue weighted by Crippen LogP contribution is 2.27. The third kappa shape index (κ3) is 4.94.